The summed E-state index contributed by atoms with van der Waals surface area (Å²) >= 11 is 0. The van der Waals surface area contributed by atoms with Gasteiger partial charge in [-0.25, -0.2) is 0 Å². The molecule has 0 aliphatic rings. The number of hydrogen-bond acceptors (Lipinski definition) is 4. The van der Waals surface area contributed by atoms with Crippen LogP contribution in [-0.4, -0.2) is 33.7 Å². The number of aliphatic carboxylic acids is 2. The highest BCUT2D eigenvalue weighted by Gasteiger charge is 1.85. The normalized spacial score (nSPS) is 7.77. The van der Waals surface area contributed by atoms with Gasteiger partial charge >= 0.3 is 0 Å². The van der Waals surface area contributed by atoms with Gasteiger partial charge in [0, 0.05) is 13.8 Å². The van der Waals surface area contributed by atoms with E-state index in [0.717, 1.165) is 13.8 Å². The quantitative estimate of drug-likeness (QED) is 0.725. The molecule has 2 rings (SSSR count). The molecule has 6 nitrogen and oxygen atoms in total. The molecule has 0 saturated carbocycles. The number of ketones is 2. The largest absolute Gasteiger partial charge is 0.481 e. The van der Waals surface area contributed by atoms with Crippen molar-refractivity contribution in [2.24, 2.45) is 0 Å². The molecule has 0 spiro atoms. The van der Waals surface area contributed by atoms with Gasteiger partial charge in [0.05, 0.1) is 0 Å². The number of carboxylic acid groups (broad SMARTS) is 2. The van der Waals surface area contributed by atoms with Gasteiger partial charge in [-0.2, -0.15) is 0 Å². The Morgan fingerprint density at radius 3 is 0.769 bits per heavy atom. The number of hydrogen-bond donors (Lipinski definition) is 2. The Hall–Kier alpha value is -3.02. The first-order valence-electron chi connectivity index (χ1n) is 7.67. The molecule has 0 bridgehead atoms. The first-order valence-corrected chi connectivity index (χ1v) is 7.67. The van der Waals surface area contributed by atoms with Gasteiger partial charge in [-0.15, -0.1) is 0 Å². The minimum Gasteiger partial charge on any atom is -0.481 e. The lowest BCUT2D eigenvalue weighted by molar-refractivity contribution is -0.135. The molecule has 0 radical (unpaired) electrons. The van der Waals surface area contributed by atoms with Crippen LogP contribution < -0.4 is 0 Å². The molecule has 6 heteroatoms. The van der Waals surface area contributed by atoms with Crippen LogP contribution in [0.5, 0.6) is 0 Å². The Morgan fingerprint density at radius 2 is 0.654 bits per heavy atom. The number of carbonyl (C=O) groups excluding carboxylic acids is 2. The van der Waals surface area contributed by atoms with E-state index in [4.69, 9.17) is 19.8 Å². The van der Waals surface area contributed by atoms with Crippen LogP contribution in [0.2, 0.25) is 0 Å². The smallest absolute Gasteiger partial charge is 0.300 e. The fraction of sp³-hybridized carbons (Fsp3) is 0.300. The van der Waals surface area contributed by atoms with Crippen molar-refractivity contribution in [3.63, 3.8) is 0 Å². The molecule has 0 aliphatic heterocycles. The topological polar surface area (TPSA) is 109 Å². The minimum absolute atomic E-state index is 0.167. The van der Waals surface area contributed by atoms with Crippen LogP contribution >= 0.6 is 0 Å². The van der Waals surface area contributed by atoms with E-state index >= 15 is 0 Å². The number of carbonyl (C=O) groups is 4. The van der Waals surface area contributed by atoms with E-state index in [1.165, 1.54) is 38.5 Å². The van der Waals surface area contributed by atoms with E-state index in [9.17, 15) is 9.59 Å². The predicted molar refractivity (Wildman–Crippen MR) is 103 cm³/mol. The zero-order chi connectivity index (χ0) is 21.1. The molecule has 144 valence electrons. The highest BCUT2D eigenvalue weighted by atomic mass is 16.4. The molecule has 0 heterocycles. The maximum absolute atomic E-state index is 9.44. The zero-order valence-electron chi connectivity index (χ0n) is 16.1. The fourth-order valence-corrected chi connectivity index (χ4v) is 1.13. The lowest BCUT2D eigenvalue weighted by Crippen LogP contribution is -1.78. The summed E-state index contributed by atoms with van der Waals surface area (Å²) in [6, 6.07) is 16.7. The maximum Gasteiger partial charge on any atom is 0.300 e. The third-order valence-electron chi connectivity index (χ3n) is 1.66. The van der Waals surface area contributed by atoms with Gasteiger partial charge in [-0.3, -0.25) is 9.59 Å². The summed E-state index contributed by atoms with van der Waals surface area (Å²) in [5.74, 6) is -1.33. The van der Waals surface area contributed by atoms with E-state index in [1.807, 2.05) is 0 Å². The van der Waals surface area contributed by atoms with E-state index < -0.39 is 11.9 Å². The Labute approximate surface area is 154 Å². The van der Waals surface area contributed by atoms with Crippen molar-refractivity contribution in [2.75, 3.05) is 0 Å². The molecule has 26 heavy (non-hydrogen) atoms. The summed E-state index contributed by atoms with van der Waals surface area (Å²) in [4.78, 5) is 36.9. The van der Waals surface area contributed by atoms with Crippen LogP contribution in [-0.2, 0) is 19.2 Å². The maximum atomic E-state index is 9.44. The Kier molecular flexibility index (Phi) is 19.6. The summed E-state index contributed by atoms with van der Waals surface area (Å²) in [5.41, 5.74) is 0. The lowest BCUT2D eigenvalue weighted by Gasteiger charge is -1.92. The average molecular weight is 364 g/mol. The molecular formula is C20H28O6. The van der Waals surface area contributed by atoms with Gasteiger partial charge in [0.15, 0.2) is 0 Å². The lowest BCUT2D eigenvalue weighted by atomic mass is 10.1. The summed E-state index contributed by atoms with van der Waals surface area (Å²) in [7, 11) is 0. The van der Waals surface area contributed by atoms with Crippen LogP contribution in [0.4, 0.5) is 0 Å². The average Bonchev–Trinajstić information content (AvgIpc) is 2.45. The van der Waals surface area contributed by atoms with Gasteiger partial charge in [-0.05, 0) is 38.5 Å². The third kappa shape index (κ3) is 37.3. The van der Waals surface area contributed by atoms with E-state index in [1.54, 1.807) is 0 Å². The third-order valence-corrected chi connectivity index (χ3v) is 1.66. The van der Waals surface area contributed by atoms with Gasteiger partial charge < -0.3 is 19.8 Å². The van der Waals surface area contributed by atoms with Crippen molar-refractivity contribution in [3.05, 3.63) is 48.5 Å². The molecule has 2 aromatic rings. The highest BCUT2D eigenvalue weighted by Crippen LogP contribution is 2.11. The van der Waals surface area contributed by atoms with Crippen molar-refractivity contribution >= 4 is 34.3 Å². The molecule has 0 saturated heterocycles. The second-order valence-corrected chi connectivity index (χ2v) is 5.20. The number of fused-ring (bicyclic) bond motifs is 1. The molecule has 0 aliphatic carbocycles. The number of rotatable bonds is 0. The van der Waals surface area contributed by atoms with Crippen molar-refractivity contribution in [1.82, 2.24) is 0 Å². The molecule has 0 fully saturated rings. The summed E-state index contributed by atoms with van der Waals surface area (Å²) in [6.07, 6.45) is 0. The van der Waals surface area contributed by atoms with E-state index in [-0.39, 0.29) is 11.6 Å². The first-order chi connectivity index (χ1) is 11.9. The molecule has 0 unspecified atom stereocenters. The van der Waals surface area contributed by atoms with Crippen LogP contribution in [0.15, 0.2) is 48.5 Å². The molecule has 0 amide bonds. The standard InChI is InChI=1S/C10H8.2C3H6O.2C2H4O2/c1-2-6-10-8-4-3-7-9(10)5-1;2*1-3(2)4;2*1-2(3)4/h1-8H;2*1-2H3;2*1H3,(H,3,4). The molecule has 0 aromatic heterocycles. The second-order valence-electron chi connectivity index (χ2n) is 5.20. The first kappa shape index (κ1) is 27.8. The zero-order valence-corrected chi connectivity index (χ0v) is 16.1. The minimum atomic E-state index is -0.833. The SMILES string of the molecule is CC(=O)O.CC(=O)O.CC(C)=O.CC(C)=O.c1ccc2ccccc2c1. The van der Waals surface area contributed by atoms with Crippen molar-refractivity contribution in [1.29, 1.82) is 0 Å². The summed E-state index contributed by atoms with van der Waals surface area (Å²) < 4.78 is 0. The number of Topliss-reactive ketones (excluding diaryl/α,β-unsaturated/α-hetero) is 2. The molecule has 2 aromatic carbocycles. The fourth-order valence-electron chi connectivity index (χ4n) is 1.13. The van der Waals surface area contributed by atoms with Crippen LogP contribution in [0, 0.1) is 0 Å². The summed E-state index contributed by atoms with van der Waals surface area (Å²) in [5, 5.41) is 17.5. The van der Waals surface area contributed by atoms with Crippen molar-refractivity contribution < 1.29 is 29.4 Å². The number of carboxylic acids is 2. The summed E-state index contributed by atoms with van der Waals surface area (Å²) in [6.45, 7) is 8.28. The van der Waals surface area contributed by atoms with Crippen LogP contribution in [0.1, 0.15) is 41.5 Å². The Bertz CT molecular complexity index is 547. The van der Waals surface area contributed by atoms with E-state index in [2.05, 4.69) is 48.5 Å². The molecular weight excluding hydrogens is 336 g/mol. The van der Waals surface area contributed by atoms with Gasteiger partial charge in [-0.1, -0.05) is 48.5 Å². The van der Waals surface area contributed by atoms with Crippen LogP contribution in [0.25, 0.3) is 10.8 Å². The number of benzene rings is 2. The van der Waals surface area contributed by atoms with Crippen molar-refractivity contribution in [2.45, 2.75) is 41.5 Å². The Morgan fingerprint density at radius 1 is 0.538 bits per heavy atom. The van der Waals surface area contributed by atoms with Gasteiger partial charge in [0.25, 0.3) is 11.9 Å². The van der Waals surface area contributed by atoms with E-state index in [0.29, 0.717) is 0 Å². The Balaban J connectivity index is -0.000000284. The van der Waals surface area contributed by atoms with Gasteiger partial charge in [0.1, 0.15) is 11.6 Å². The second kappa shape index (κ2) is 18.3. The van der Waals surface area contributed by atoms with Gasteiger partial charge in [0.2, 0.25) is 0 Å². The molecule has 2 N–H and O–H groups in total. The van der Waals surface area contributed by atoms with Crippen molar-refractivity contribution in [3.8, 4) is 0 Å². The highest BCUT2D eigenvalue weighted by molar-refractivity contribution is 5.82. The predicted octanol–water partition coefficient (Wildman–Crippen LogP) is 4.21. The molecule has 0 atom stereocenters. The monoisotopic (exact) mass is 364 g/mol. The van der Waals surface area contributed by atoms with Crippen LogP contribution in [0.3, 0.4) is 0 Å².